The number of carbonyl (C=O) groups excluding carboxylic acids is 1. The van der Waals surface area contributed by atoms with Crippen molar-refractivity contribution in [2.75, 3.05) is 7.11 Å². The minimum Gasteiger partial charge on any atom is -0.415 e. The third kappa shape index (κ3) is 1.46. The summed E-state index contributed by atoms with van der Waals surface area (Å²) in [5.41, 5.74) is 2.03. The smallest absolute Gasteiger partial charge is 0.415 e. The van der Waals surface area contributed by atoms with Crippen molar-refractivity contribution in [2.24, 2.45) is 0 Å². The normalized spacial score (nSPS) is 13.4. The Morgan fingerprint density at radius 1 is 1.57 bits per heavy atom. The van der Waals surface area contributed by atoms with Crippen LogP contribution in [0.15, 0.2) is 22.7 Å². The Hall–Kier alpha value is -1.16. The number of fused-ring (bicyclic) bond motifs is 1. The van der Waals surface area contributed by atoms with E-state index in [4.69, 9.17) is 0 Å². The van der Waals surface area contributed by atoms with Crippen LogP contribution in [-0.4, -0.2) is 24.0 Å². The van der Waals surface area contributed by atoms with Gasteiger partial charge in [-0.1, -0.05) is 20.5 Å². The molecule has 0 unspecified atom stereocenters. The zero-order chi connectivity index (χ0) is 10.1. The number of nitrogens with zero attached hydrogens (tertiary/aromatic N) is 1. The molecular weight excluding hydrogens is 246 g/mol. The van der Waals surface area contributed by atoms with E-state index in [0.29, 0.717) is 0 Å². The van der Waals surface area contributed by atoms with Gasteiger partial charge in [0.05, 0.1) is 13.5 Å². The molecule has 1 aromatic carbocycles. The van der Waals surface area contributed by atoms with Crippen molar-refractivity contribution >= 4 is 33.9 Å². The lowest BCUT2D eigenvalue weighted by Gasteiger charge is -1.97. The Morgan fingerprint density at radius 2 is 2.36 bits per heavy atom. The monoisotopic (exact) mass is 254 g/mol. The maximum atomic E-state index is 11.3. The number of methoxy groups -OCH3 is 1. The lowest BCUT2D eigenvalue weighted by atomic mass is 10.2. The summed E-state index contributed by atoms with van der Waals surface area (Å²) in [5.74, 6) is 0. The Balaban J connectivity index is 2.42. The summed E-state index contributed by atoms with van der Waals surface area (Å²) in [5, 5.41) is 0. The van der Waals surface area contributed by atoms with E-state index in [1.54, 1.807) is 0 Å². The second-order valence-corrected chi connectivity index (χ2v) is 3.92. The maximum absolute atomic E-state index is 11.3. The molecule has 4 heteroatoms. The molecule has 0 N–H and O–H groups in total. The van der Waals surface area contributed by atoms with E-state index in [9.17, 15) is 4.79 Å². The zero-order valence-electron chi connectivity index (χ0n) is 7.66. The summed E-state index contributed by atoms with van der Waals surface area (Å²) in [4.78, 5) is 11.3. The molecule has 0 bridgehead atoms. The lowest BCUT2D eigenvalue weighted by molar-refractivity contribution is -0.347. The molecule has 0 aromatic heterocycles. The molecule has 1 amide bonds. The number of ether oxygens (including phenoxy) is 1. The van der Waals surface area contributed by atoms with E-state index < -0.39 is 0 Å². The highest BCUT2D eigenvalue weighted by Gasteiger charge is 2.29. The van der Waals surface area contributed by atoms with Crippen LogP contribution in [0.1, 0.15) is 5.56 Å². The van der Waals surface area contributed by atoms with Crippen molar-refractivity contribution in [1.29, 1.82) is 0 Å². The third-order valence-corrected chi connectivity index (χ3v) is 2.66. The second-order valence-electron chi connectivity index (χ2n) is 3.00. The van der Waals surface area contributed by atoms with Gasteiger partial charge in [-0.3, -0.25) is 0 Å². The highest BCUT2D eigenvalue weighted by atomic mass is 79.9. The topological polar surface area (TPSA) is 29.3 Å². The fourth-order valence-electron chi connectivity index (χ4n) is 1.51. The van der Waals surface area contributed by atoms with Gasteiger partial charge in [0.15, 0.2) is 6.21 Å². The molecule has 1 aromatic rings. The van der Waals surface area contributed by atoms with E-state index in [1.807, 2.05) is 24.4 Å². The van der Waals surface area contributed by atoms with Crippen LogP contribution >= 0.6 is 15.9 Å². The van der Waals surface area contributed by atoms with E-state index >= 15 is 0 Å². The number of rotatable bonds is 0. The molecule has 0 radical (unpaired) electrons. The van der Waals surface area contributed by atoms with E-state index in [0.717, 1.165) is 22.1 Å². The quantitative estimate of drug-likeness (QED) is 0.666. The van der Waals surface area contributed by atoms with E-state index in [-0.39, 0.29) is 6.09 Å². The number of carbonyl (C=O) groups is 1. The van der Waals surface area contributed by atoms with Crippen LogP contribution in [0.4, 0.5) is 10.5 Å². The average molecular weight is 255 g/mol. The molecule has 0 saturated heterocycles. The van der Waals surface area contributed by atoms with Crippen molar-refractivity contribution in [3.8, 4) is 0 Å². The first-order valence-corrected chi connectivity index (χ1v) is 5.00. The Morgan fingerprint density at radius 3 is 3.07 bits per heavy atom. The Bertz CT molecular complexity index is 426. The largest absolute Gasteiger partial charge is 0.601 e. The van der Waals surface area contributed by atoms with Crippen molar-refractivity contribution < 1.29 is 14.1 Å². The van der Waals surface area contributed by atoms with Crippen LogP contribution in [0.25, 0.3) is 0 Å². The maximum Gasteiger partial charge on any atom is 0.601 e. The first-order valence-electron chi connectivity index (χ1n) is 4.21. The van der Waals surface area contributed by atoms with Crippen molar-refractivity contribution in [3.63, 3.8) is 0 Å². The molecule has 72 valence electrons. The fraction of sp³-hybridized carbons (Fsp3) is 0.200. The molecule has 0 saturated carbocycles. The Labute approximate surface area is 90.1 Å². The van der Waals surface area contributed by atoms with Crippen LogP contribution in [0.5, 0.6) is 0 Å². The summed E-state index contributed by atoms with van der Waals surface area (Å²) >= 11 is 3.39. The predicted molar refractivity (Wildman–Crippen MR) is 56.2 cm³/mol. The number of benzene rings is 1. The van der Waals surface area contributed by atoms with Gasteiger partial charge in [0, 0.05) is 16.1 Å². The minimum atomic E-state index is -0.342. The summed E-state index contributed by atoms with van der Waals surface area (Å²) in [6.07, 6.45) is 2.25. The summed E-state index contributed by atoms with van der Waals surface area (Å²) in [6, 6.07) is 5.82. The first kappa shape index (κ1) is 9.40. The van der Waals surface area contributed by atoms with Crippen LogP contribution in [0, 0.1) is 0 Å². The fourth-order valence-corrected chi connectivity index (χ4v) is 1.92. The number of halogens is 1. The molecule has 3 nitrogen and oxygen atoms in total. The number of hydrogen-bond acceptors (Lipinski definition) is 2. The van der Waals surface area contributed by atoms with Gasteiger partial charge >= 0.3 is 6.09 Å². The Kier molecular flexibility index (Phi) is 2.37. The molecule has 14 heavy (non-hydrogen) atoms. The van der Waals surface area contributed by atoms with Crippen LogP contribution in [0.3, 0.4) is 0 Å². The van der Waals surface area contributed by atoms with Gasteiger partial charge in [0.25, 0.3) is 0 Å². The van der Waals surface area contributed by atoms with Gasteiger partial charge in [0.2, 0.25) is 5.69 Å². The molecular formula is C10H9BrNO2+. The molecule has 1 aliphatic rings. The SMILES string of the molecule is COC(=O)[N+]1=CCc2cc(Br)ccc21. The highest BCUT2D eigenvalue weighted by Crippen LogP contribution is 2.27. The summed E-state index contributed by atoms with van der Waals surface area (Å²) in [7, 11) is 1.38. The van der Waals surface area contributed by atoms with Crippen LogP contribution in [0.2, 0.25) is 0 Å². The summed E-state index contributed by atoms with van der Waals surface area (Å²) in [6.45, 7) is 0. The van der Waals surface area contributed by atoms with Gasteiger partial charge in [-0.2, -0.15) is 4.79 Å². The molecule has 2 rings (SSSR count). The zero-order valence-corrected chi connectivity index (χ0v) is 9.24. The third-order valence-electron chi connectivity index (χ3n) is 2.17. The second kappa shape index (κ2) is 3.53. The summed E-state index contributed by atoms with van der Waals surface area (Å²) < 4.78 is 7.22. The predicted octanol–water partition coefficient (Wildman–Crippen LogP) is 2.49. The molecule has 0 atom stereocenters. The lowest BCUT2D eigenvalue weighted by Crippen LogP contribution is -2.14. The molecule has 0 aliphatic carbocycles. The van der Waals surface area contributed by atoms with Crippen molar-refractivity contribution in [1.82, 2.24) is 0 Å². The van der Waals surface area contributed by atoms with Crippen LogP contribution < -0.4 is 0 Å². The molecule has 1 aliphatic heterocycles. The average Bonchev–Trinajstić information content (AvgIpc) is 2.59. The van der Waals surface area contributed by atoms with Crippen molar-refractivity contribution in [2.45, 2.75) is 6.42 Å². The van der Waals surface area contributed by atoms with E-state index in [2.05, 4.69) is 20.7 Å². The van der Waals surface area contributed by atoms with Gasteiger partial charge < -0.3 is 4.74 Å². The molecule has 0 fully saturated rings. The number of hydrogen-bond donors (Lipinski definition) is 0. The highest BCUT2D eigenvalue weighted by molar-refractivity contribution is 9.10. The van der Waals surface area contributed by atoms with Crippen molar-refractivity contribution in [3.05, 3.63) is 28.2 Å². The standard InChI is InChI=1S/C10H9BrNO2/c1-14-10(13)12-5-4-7-6-8(11)2-3-9(7)12/h2-3,5-6H,4H2,1H3/q+1. The molecule has 0 spiro atoms. The van der Waals surface area contributed by atoms with Gasteiger partial charge in [-0.15, -0.1) is 0 Å². The van der Waals surface area contributed by atoms with Gasteiger partial charge in [-0.25, -0.2) is 0 Å². The van der Waals surface area contributed by atoms with E-state index in [1.165, 1.54) is 11.7 Å². The molecule has 1 heterocycles. The minimum absolute atomic E-state index is 0.342. The van der Waals surface area contributed by atoms with Crippen LogP contribution in [-0.2, 0) is 11.2 Å². The van der Waals surface area contributed by atoms with Gasteiger partial charge in [0.1, 0.15) is 0 Å². The number of amides is 1. The van der Waals surface area contributed by atoms with Gasteiger partial charge in [-0.05, 0) is 12.1 Å². The first-order chi connectivity index (χ1) is 6.72.